The van der Waals surface area contributed by atoms with Crippen LogP contribution in [0.25, 0.3) is 0 Å². The lowest BCUT2D eigenvalue weighted by molar-refractivity contribution is 0.312. The fourth-order valence-electron chi connectivity index (χ4n) is 2.19. The van der Waals surface area contributed by atoms with Crippen molar-refractivity contribution >= 4 is 21.6 Å². The second-order valence-electron chi connectivity index (χ2n) is 4.81. The van der Waals surface area contributed by atoms with Crippen molar-refractivity contribution in [2.75, 3.05) is 23.3 Å². The molecule has 0 radical (unpaired) electrons. The maximum Gasteiger partial charge on any atom is 0.146 e. The van der Waals surface area contributed by atoms with Gasteiger partial charge in [-0.2, -0.15) is 0 Å². The average molecular weight is 316 g/mol. The molecule has 0 saturated heterocycles. The van der Waals surface area contributed by atoms with Gasteiger partial charge in [-0.3, -0.25) is 0 Å². The zero-order chi connectivity index (χ0) is 13.6. The summed E-state index contributed by atoms with van der Waals surface area (Å²) in [4.78, 5) is 2.14. The summed E-state index contributed by atoms with van der Waals surface area (Å²) >= 11 is 3.62. The molecule has 1 rings (SSSR count). The van der Waals surface area contributed by atoms with Crippen LogP contribution in [0.3, 0.4) is 0 Å². The van der Waals surface area contributed by atoms with E-state index in [4.69, 9.17) is 0 Å². The number of hydrogen-bond donors (Lipinski definition) is 0. The van der Waals surface area contributed by atoms with E-state index in [0.717, 1.165) is 31.3 Å². The van der Waals surface area contributed by atoms with E-state index < -0.39 is 0 Å². The molecule has 102 valence electrons. The molecule has 3 heteroatoms. The second-order valence-corrected chi connectivity index (χ2v) is 5.37. The van der Waals surface area contributed by atoms with E-state index in [9.17, 15) is 4.39 Å². The molecule has 0 bridgehead atoms. The highest BCUT2D eigenvalue weighted by Crippen LogP contribution is 2.32. The highest BCUT2D eigenvalue weighted by molar-refractivity contribution is 9.09. The minimum Gasteiger partial charge on any atom is -0.369 e. The number of nitrogens with zero attached hydrogens (tertiary/aromatic N) is 1. The highest BCUT2D eigenvalue weighted by Gasteiger charge is 2.28. The molecule has 0 heterocycles. The smallest absolute Gasteiger partial charge is 0.146 e. The van der Waals surface area contributed by atoms with Gasteiger partial charge in [-0.15, -0.1) is 0 Å². The first-order chi connectivity index (χ1) is 8.62. The highest BCUT2D eigenvalue weighted by atomic mass is 79.9. The van der Waals surface area contributed by atoms with Crippen LogP contribution in [0.4, 0.5) is 10.1 Å². The molecule has 0 saturated carbocycles. The van der Waals surface area contributed by atoms with Crippen LogP contribution in [-0.2, 0) is 0 Å². The minimum absolute atomic E-state index is 0.130. The first-order valence-corrected chi connectivity index (χ1v) is 7.80. The molecule has 0 aliphatic carbocycles. The number of rotatable bonds is 7. The number of alkyl halides is 1. The van der Waals surface area contributed by atoms with Gasteiger partial charge < -0.3 is 4.90 Å². The summed E-state index contributed by atoms with van der Waals surface area (Å²) in [7, 11) is 0. The predicted octanol–water partition coefficient (Wildman–Crippen LogP) is 4.85. The van der Waals surface area contributed by atoms with Crippen LogP contribution in [0.15, 0.2) is 24.3 Å². The van der Waals surface area contributed by atoms with Gasteiger partial charge in [-0.1, -0.05) is 41.9 Å². The third-order valence-corrected chi connectivity index (χ3v) is 5.07. The summed E-state index contributed by atoms with van der Waals surface area (Å²) in [6.45, 7) is 8.22. The third kappa shape index (κ3) is 3.47. The molecular weight excluding hydrogens is 293 g/mol. The lowest BCUT2D eigenvalue weighted by atomic mass is 9.84. The number of hydrogen-bond acceptors (Lipinski definition) is 1. The average Bonchev–Trinajstić information content (AvgIpc) is 2.42. The minimum atomic E-state index is -0.130. The fourth-order valence-corrected chi connectivity index (χ4v) is 3.16. The van der Waals surface area contributed by atoms with Crippen molar-refractivity contribution in [3.8, 4) is 0 Å². The molecule has 0 amide bonds. The maximum atomic E-state index is 13.9. The van der Waals surface area contributed by atoms with Gasteiger partial charge in [0.2, 0.25) is 0 Å². The Morgan fingerprint density at radius 2 is 1.78 bits per heavy atom. The second kappa shape index (κ2) is 7.13. The Balaban J connectivity index is 2.94. The molecular formula is C15H23BrFN. The quantitative estimate of drug-likeness (QED) is 0.650. The Labute approximate surface area is 119 Å². The zero-order valence-corrected chi connectivity index (χ0v) is 13.1. The fraction of sp³-hybridized carbons (Fsp3) is 0.600. The van der Waals surface area contributed by atoms with E-state index in [-0.39, 0.29) is 11.2 Å². The van der Waals surface area contributed by atoms with Crippen molar-refractivity contribution in [1.29, 1.82) is 0 Å². The molecule has 0 aliphatic rings. The molecule has 0 fully saturated rings. The molecule has 0 aliphatic heterocycles. The standard InChI is InChI=1S/C15H23BrFN/c1-4-15(5-2,11-16)12-18(6-3)14-10-8-7-9-13(14)17/h7-10H,4-6,11-12H2,1-3H3. The van der Waals surface area contributed by atoms with Crippen molar-refractivity contribution in [2.45, 2.75) is 33.6 Å². The van der Waals surface area contributed by atoms with Gasteiger partial charge in [0, 0.05) is 18.4 Å². The Kier molecular flexibility index (Phi) is 6.13. The number of para-hydroxylation sites is 1. The Bertz CT molecular complexity index is 355. The van der Waals surface area contributed by atoms with Crippen molar-refractivity contribution in [3.63, 3.8) is 0 Å². The van der Waals surface area contributed by atoms with Gasteiger partial charge in [0.05, 0.1) is 5.69 Å². The van der Waals surface area contributed by atoms with Crippen LogP contribution in [0, 0.1) is 11.2 Å². The predicted molar refractivity (Wildman–Crippen MR) is 81.1 cm³/mol. The molecule has 0 atom stereocenters. The van der Waals surface area contributed by atoms with Crippen LogP contribution >= 0.6 is 15.9 Å². The monoisotopic (exact) mass is 315 g/mol. The zero-order valence-electron chi connectivity index (χ0n) is 11.5. The van der Waals surface area contributed by atoms with E-state index in [2.05, 4.69) is 41.6 Å². The number of anilines is 1. The van der Waals surface area contributed by atoms with Gasteiger partial charge in [-0.05, 0) is 37.3 Å². The molecule has 0 unspecified atom stereocenters. The molecule has 0 spiro atoms. The van der Waals surface area contributed by atoms with Gasteiger partial charge >= 0.3 is 0 Å². The summed E-state index contributed by atoms with van der Waals surface area (Å²) in [5, 5.41) is 0.956. The largest absolute Gasteiger partial charge is 0.369 e. The first-order valence-electron chi connectivity index (χ1n) is 6.68. The Morgan fingerprint density at radius 1 is 1.17 bits per heavy atom. The van der Waals surface area contributed by atoms with Gasteiger partial charge in [0.1, 0.15) is 5.82 Å². The SMILES string of the molecule is CCN(CC(CC)(CC)CBr)c1ccccc1F. The molecule has 0 aromatic heterocycles. The summed E-state index contributed by atoms with van der Waals surface area (Å²) in [5.74, 6) is -0.130. The topological polar surface area (TPSA) is 3.24 Å². The van der Waals surface area contributed by atoms with E-state index in [1.54, 1.807) is 6.07 Å². The van der Waals surface area contributed by atoms with Crippen LogP contribution in [0.5, 0.6) is 0 Å². The maximum absolute atomic E-state index is 13.9. The van der Waals surface area contributed by atoms with Crippen LogP contribution in [0.1, 0.15) is 33.6 Å². The lowest BCUT2D eigenvalue weighted by Crippen LogP contribution is -2.38. The van der Waals surface area contributed by atoms with Crippen LogP contribution in [0.2, 0.25) is 0 Å². The van der Waals surface area contributed by atoms with E-state index in [1.807, 2.05) is 12.1 Å². The van der Waals surface area contributed by atoms with Crippen molar-refractivity contribution < 1.29 is 4.39 Å². The van der Waals surface area contributed by atoms with Crippen molar-refractivity contribution in [1.82, 2.24) is 0 Å². The van der Waals surface area contributed by atoms with E-state index in [1.165, 1.54) is 6.07 Å². The summed E-state index contributed by atoms with van der Waals surface area (Å²) in [5.41, 5.74) is 0.936. The van der Waals surface area contributed by atoms with Crippen LogP contribution in [-0.4, -0.2) is 18.4 Å². The Morgan fingerprint density at radius 3 is 2.22 bits per heavy atom. The number of benzene rings is 1. The normalized spacial score (nSPS) is 11.6. The van der Waals surface area contributed by atoms with Gasteiger partial charge in [0.25, 0.3) is 0 Å². The number of halogens is 2. The third-order valence-electron chi connectivity index (χ3n) is 3.88. The first kappa shape index (κ1) is 15.5. The molecule has 1 aromatic rings. The summed E-state index contributed by atoms with van der Waals surface area (Å²) < 4.78 is 13.9. The molecule has 18 heavy (non-hydrogen) atoms. The van der Waals surface area contributed by atoms with Crippen molar-refractivity contribution in [3.05, 3.63) is 30.1 Å². The summed E-state index contributed by atoms with van der Waals surface area (Å²) in [6.07, 6.45) is 2.19. The lowest BCUT2D eigenvalue weighted by Gasteiger charge is -2.36. The van der Waals surface area contributed by atoms with E-state index in [0.29, 0.717) is 5.69 Å². The molecule has 1 aromatic carbocycles. The van der Waals surface area contributed by atoms with E-state index >= 15 is 0 Å². The van der Waals surface area contributed by atoms with Crippen LogP contribution < -0.4 is 4.90 Å². The summed E-state index contributed by atoms with van der Waals surface area (Å²) in [6, 6.07) is 7.04. The van der Waals surface area contributed by atoms with Gasteiger partial charge in [0.15, 0.2) is 0 Å². The van der Waals surface area contributed by atoms with Gasteiger partial charge in [-0.25, -0.2) is 4.39 Å². The Hall–Kier alpha value is -0.570. The van der Waals surface area contributed by atoms with Crippen molar-refractivity contribution in [2.24, 2.45) is 5.41 Å². The molecule has 1 nitrogen and oxygen atoms in total. The molecule has 0 N–H and O–H groups in total.